The molecule has 1 aromatic rings. The maximum absolute atomic E-state index is 13.1. The summed E-state index contributed by atoms with van der Waals surface area (Å²) in [4.78, 5) is 0. The van der Waals surface area contributed by atoms with E-state index >= 15 is 0 Å². The molecule has 1 aromatic carbocycles. The first-order valence-electron chi connectivity index (χ1n) is 3.20. The van der Waals surface area contributed by atoms with E-state index in [0.717, 1.165) is 12.1 Å². The number of ether oxygens (including phenoxy) is 1. The molecule has 0 spiro atoms. The van der Waals surface area contributed by atoms with Crippen LogP contribution in [-0.2, 0) is 0 Å². The minimum atomic E-state index is -2.24. The van der Waals surface area contributed by atoms with Crippen LogP contribution in [0.1, 0.15) is 0 Å². The molecular weight excluding hydrogens is 280 g/mol. The topological polar surface area (TPSA) is 9.23 Å². The van der Waals surface area contributed by atoms with Crippen LogP contribution in [0.25, 0.3) is 0 Å². The molecule has 0 aromatic heterocycles. The summed E-state index contributed by atoms with van der Waals surface area (Å²) >= 11 is 21.0. The van der Waals surface area contributed by atoms with E-state index in [2.05, 4.69) is 4.74 Å². The average molecular weight is 282 g/mol. The summed E-state index contributed by atoms with van der Waals surface area (Å²) in [7, 11) is 0. The summed E-state index contributed by atoms with van der Waals surface area (Å²) in [6, 6.07) is 1.93. The zero-order valence-corrected chi connectivity index (χ0v) is 9.35. The van der Waals surface area contributed by atoms with Crippen LogP contribution in [0.4, 0.5) is 8.78 Å². The Bertz CT molecular complexity index is 350. The van der Waals surface area contributed by atoms with Gasteiger partial charge in [-0.2, -0.15) is 0 Å². The van der Waals surface area contributed by atoms with Crippen molar-refractivity contribution in [3.8, 4) is 5.75 Å². The molecule has 1 nitrogen and oxygen atoms in total. The number of halogens is 6. The van der Waals surface area contributed by atoms with E-state index in [1.54, 1.807) is 0 Å². The van der Waals surface area contributed by atoms with Crippen LogP contribution in [-0.4, -0.2) is 3.98 Å². The Morgan fingerprint density at radius 1 is 1.14 bits per heavy atom. The Kier molecular flexibility index (Phi) is 3.69. The van der Waals surface area contributed by atoms with Crippen molar-refractivity contribution in [2.24, 2.45) is 0 Å². The second-order valence-electron chi connectivity index (χ2n) is 2.22. The molecule has 0 bridgehead atoms. The number of rotatable bonds is 1. The predicted octanol–water partition coefficient (Wildman–Crippen LogP) is 4.32. The van der Waals surface area contributed by atoms with E-state index in [4.69, 9.17) is 46.4 Å². The number of alkyl halides is 3. The molecule has 0 saturated carbocycles. The Morgan fingerprint density at radius 2 is 1.71 bits per heavy atom. The molecule has 0 heterocycles. The lowest BCUT2D eigenvalue weighted by Gasteiger charge is -2.14. The molecule has 0 aliphatic rings. The fourth-order valence-electron chi connectivity index (χ4n) is 0.718. The van der Waals surface area contributed by atoms with Crippen molar-refractivity contribution >= 4 is 46.4 Å². The second kappa shape index (κ2) is 4.27. The Balaban J connectivity index is 3.13. The molecular formula is C7H2Cl4F2O. The molecule has 0 amide bonds. The highest BCUT2D eigenvalue weighted by atomic mass is 35.6. The largest absolute Gasteiger partial charge is 0.439 e. The van der Waals surface area contributed by atoms with Gasteiger partial charge in [0.25, 0.3) is 0 Å². The molecule has 14 heavy (non-hydrogen) atoms. The second-order valence-corrected chi connectivity index (χ2v) is 4.80. The minimum absolute atomic E-state index is 0.323. The van der Waals surface area contributed by atoms with Crippen LogP contribution in [0, 0.1) is 11.6 Å². The van der Waals surface area contributed by atoms with E-state index < -0.39 is 21.4 Å². The zero-order valence-electron chi connectivity index (χ0n) is 6.33. The third-order valence-corrected chi connectivity index (χ3v) is 1.74. The van der Waals surface area contributed by atoms with Gasteiger partial charge in [0, 0.05) is 0 Å². The van der Waals surface area contributed by atoms with Gasteiger partial charge in [-0.1, -0.05) is 11.6 Å². The molecule has 0 radical (unpaired) electrons. The smallest absolute Gasteiger partial charge is 0.338 e. The van der Waals surface area contributed by atoms with Crippen molar-refractivity contribution in [2.45, 2.75) is 3.98 Å². The molecule has 0 fully saturated rings. The van der Waals surface area contributed by atoms with Gasteiger partial charge < -0.3 is 4.74 Å². The van der Waals surface area contributed by atoms with Crippen LogP contribution in [0.3, 0.4) is 0 Å². The van der Waals surface area contributed by atoms with Gasteiger partial charge in [-0.05, 0) is 46.9 Å². The average Bonchev–Trinajstić information content (AvgIpc) is 2.04. The standard InChI is InChI=1S/C7H2Cl4F2O/c8-3-1-2-4(12)6(5(3)13)14-7(9,10)11/h1-2H. The molecule has 0 saturated heterocycles. The van der Waals surface area contributed by atoms with Crippen molar-refractivity contribution < 1.29 is 13.5 Å². The zero-order chi connectivity index (χ0) is 10.9. The summed E-state index contributed by atoms with van der Waals surface area (Å²) in [5, 5.41) is -0.323. The number of benzene rings is 1. The van der Waals surface area contributed by atoms with E-state index in [9.17, 15) is 8.78 Å². The molecule has 7 heteroatoms. The normalized spacial score (nSPS) is 11.6. The molecule has 0 atom stereocenters. The van der Waals surface area contributed by atoms with Crippen LogP contribution in [0.15, 0.2) is 12.1 Å². The van der Waals surface area contributed by atoms with Gasteiger partial charge in [0.2, 0.25) is 0 Å². The Labute approximate surface area is 98.5 Å². The maximum atomic E-state index is 13.1. The van der Waals surface area contributed by atoms with E-state index in [1.165, 1.54) is 0 Å². The summed E-state index contributed by atoms with van der Waals surface area (Å²) in [6.07, 6.45) is 0. The van der Waals surface area contributed by atoms with Crippen LogP contribution in [0.2, 0.25) is 5.02 Å². The van der Waals surface area contributed by atoms with Gasteiger partial charge >= 0.3 is 3.98 Å². The highest BCUT2D eigenvalue weighted by molar-refractivity contribution is 6.66. The summed E-state index contributed by atoms with van der Waals surface area (Å²) in [5.41, 5.74) is 0. The Hall–Kier alpha value is 0.0400. The highest BCUT2D eigenvalue weighted by Crippen LogP contribution is 2.35. The van der Waals surface area contributed by atoms with Gasteiger partial charge in [-0.25, -0.2) is 8.78 Å². The van der Waals surface area contributed by atoms with Crippen molar-refractivity contribution in [1.82, 2.24) is 0 Å². The van der Waals surface area contributed by atoms with Crippen LogP contribution >= 0.6 is 46.4 Å². The minimum Gasteiger partial charge on any atom is -0.439 e. The van der Waals surface area contributed by atoms with Crippen molar-refractivity contribution in [2.75, 3.05) is 0 Å². The van der Waals surface area contributed by atoms with Crippen LogP contribution < -0.4 is 4.74 Å². The number of hydrogen-bond acceptors (Lipinski definition) is 1. The third-order valence-electron chi connectivity index (χ3n) is 1.22. The highest BCUT2D eigenvalue weighted by Gasteiger charge is 2.26. The van der Waals surface area contributed by atoms with Crippen molar-refractivity contribution in [1.29, 1.82) is 0 Å². The van der Waals surface area contributed by atoms with Gasteiger partial charge in [-0.15, -0.1) is 0 Å². The van der Waals surface area contributed by atoms with E-state index in [-0.39, 0.29) is 5.02 Å². The Morgan fingerprint density at radius 3 is 2.21 bits per heavy atom. The van der Waals surface area contributed by atoms with Crippen molar-refractivity contribution in [3.63, 3.8) is 0 Å². The van der Waals surface area contributed by atoms with Crippen LogP contribution in [0.5, 0.6) is 5.75 Å². The van der Waals surface area contributed by atoms with Gasteiger partial charge in [0.15, 0.2) is 17.4 Å². The summed E-state index contributed by atoms with van der Waals surface area (Å²) < 4.78 is 28.2. The summed E-state index contributed by atoms with van der Waals surface area (Å²) in [6.45, 7) is 0. The lowest BCUT2D eigenvalue weighted by Crippen LogP contribution is -2.14. The molecule has 0 unspecified atom stereocenters. The van der Waals surface area contributed by atoms with E-state index in [1.807, 2.05) is 0 Å². The first-order valence-corrected chi connectivity index (χ1v) is 4.71. The fraction of sp³-hybridized carbons (Fsp3) is 0.143. The first kappa shape index (κ1) is 12.1. The first-order chi connectivity index (χ1) is 6.31. The SMILES string of the molecule is Fc1ccc(Cl)c(F)c1OC(Cl)(Cl)Cl. The van der Waals surface area contributed by atoms with E-state index in [0.29, 0.717) is 0 Å². The van der Waals surface area contributed by atoms with Crippen molar-refractivity contribution in [3.05, 3.63) is 28.8 Å². The molecule has 1 rings (SSSR count). The lowest BCUT2D eigenvalue weighted by atomic mass is 10.3. The molecule has 0 aliphatic heterocycles. The molecule has 78 valence electrons. The summed E-state index contributed by atoms with van der Waals surface area (Å²) in [5.74, 6) is -2.94. The van der Waals surface area contributed by atoms with Gasteiger partial charge in [0.1, 0.15) is 0 Å². The monoisotopic (exact) mass is 280 g/mol. The van der Waals surface area contributed by atoms with Gasteiger partial charge in [-0.3, -0.25) is 0 Å². The quantitative estimate of drug-likeness (QED) is 0.550. The molecule has 0 N–H and O–H groups in total. The molecule has 0 aliphatic carbocycles. The fourth-order valence-corrected chi connectivity index (χ4v) is 1.10. The third kappa shape index (κ3) is 3.02. The van der Waals surface area contributed by atoms with Gasteiger partial charge in [0.05, 0.1) is 5.02 Å². The number of hydrogen-bond donors (Lipinski definition) is 0. The predicted molar refractivity (Wildman–Crippen MR) is 52.3 cm³/mol. The maximum Gasteiger partial charge on any atom is 0.338 e. The lowest BCUT2D eigenvalue weighted by molar-refractivity contribution is 0.286.